The SMILES string of the molecule is Cc1ccc(S(=O)(=O)O)c(CCOCCN2CCC(NC(=O)OC(C)(C)C)CC2)c1. The maximum absolute atomic E-state index is 11.9. The van der Waals surface area contributed by atoms with Crippen LogP contribution in [-0.4, -0.2) is 68.5 Å². The van der Waals surface area contributed by atoms with Crippen molar-refractivity contribution in [1.29, 1.82) is 0 Å². The van der Waals surface area contributed by atoms with Crippen molar-refractivity contribution >= 4 is 16.2 Å². The molecule has 0 bridgehead atoms. The Balaban J connectivity index is 1.66. The van der Waals surface area contributed by atoms with Crippen LogP contribution in [0.5, 0.6) is 0 Å². The molecule has 2 N–H and O–H groups in total. The van der Waals surface area contributed by atoms with Crippen molar-refractivity contribution in [3.63, 3.8) is 0 Å². The molecule has 9 heteroatoms. The fraction of sp³-hybridized carbons (Fsp3) is 0.667. The fourth-order valence-electron chi connectivity index (χ4n) is 3.41. The number of aryl methyl sites for hydroxylation is 1. The molecule has 170 valence electrons. The zero-order valence-corrected chi connectivity index (χ0v) is 19.1. The second kappa shape index (κ2) is 10.6. The van der Waals surface area contributed by atoms with Crippen molar-refractivity contribution in [2.45, 2.75) is 63.5 Å². The Morgan fingerprint density at radius 1 is 1.23 bits per heavy atom. The summed E-state index contributed by atoms with van der Waals surface area (Å²) in [6.45, 7) is 10.8. The van der Waals surface area contributed by atoms with Gasteiger partial charge in [-0.05, 0) is 58.6 Å². The Labute approximate surface area is 179 Å². The third kappa shape index (κ3) is 8.59. The van der Waals surface area contributed by atoms with Crippen LogP contribution in [0.1, 0.15) is 44.7 Å². The van der Waals surface area contributed by atoms with Crippen LogP contribution in [0.2, 0.25) is 0 Å². The summed E-state index contributed by atoms with van der Waals surface area (Å²) in [5, 5.41) is 2.92. The zero-order valence-electron chi connectivity index (χ0n) is 18.3. The van der Waals surface area contributed by atoms with Crippen LogP contribution in [0, 0.1) is 6.92 Å². The van der Waals surface area contributed by atoms with E-state index in [2.05, 4.69) is 10.2 Å². The van der Waals surface area contributed by atoms with Crippen LogP contribution >= 0.6 is 0 Å². The standard InChI is InChI=1S/C21H34N2O6S/c1-16-5-6-19(30(25,26)27)17(15-16)9-13-28-14-12-23-10-7-18(8-11-23)22-20(24)29-21(2,3)4/h5-6,15,18H,7-14H2,1-4H3,(H,22,24)(H,25,26,27). The van der Waals surface area contributed by atoms with Gasteiger partial charge in [-0.3, -0.25) is 4.55 Å². The summed E-state index contributed by atoms with van der Waals surface area (Å²) in [4.78, 5) is 14.1. The van der Waals surface area contributed by atoms with Crippen LogP contribution < -0.4 is 5.32 Å². The summed E-state index contributed by atoms with van der Waals surface area (Å²) in [5.74, 6) is 0. The molecule has 0 unspecified atom stereocenters. The van der Waals surface area contributed by atoms with Gasteiger partial charge in [0.2, 0.25) is 0 Å². The van der Waals surface area contributed by atoms with Crippen molar-refractivity contribution in [1.82, 2.24) is 10.2 Å². The Hall–Kier alpha value is -1.68. The minimum absolute atomic E-state index is 0.0590. The van der Waals surface area contributed by atoms with E-state index < -0.39 is 15.7 Å². The molecule has 8 nitrogen and oxygen atoms in total. The first-order valence-electron chi connectivity index (χ1n) is 10.3. The van der Waals surface area contributed by atoms with Gasteiger partial charge in [-0.15, -0.1) is 0 Å². The van der Waals surface area contributed by atoms with Crippen molar-refractivity contribution in [2.24, 2.45) is 0 Å². The Morgan fingerprint density at radius 3 is 2.50 bits per heavy atom. The van der Waals surface area contributed by atoms with Gasteiger partial charge in [0.15, 0.2) is 0 Å². The van der Waals surface area contributed by atoms with Crippen molar-refractivity contribution in [3.8, 4) is 0 Å². The van der Waals surface area contributed by atoms with E-state index in [0.29, 0.717) is 25.2 Å². The van der Waals surface area contributed by atoms with Crippen molar-refractivity contribution < 1.29 is 27.2 Å². The molecule has 0 aromatic heterocycles. The van der Waals surface area contributed by atoms with Crippen LogP contribution in [0.4, 0.5) is 4.79 Å². The molecule has 1 saturated heterocycles. The number of piperidine rings is 1. The minimum Gasteiger partial charge on any atom is -0.444 e. The van der Waals surface area contributed by atoms with Gasteiger partial charge >= 0.3 is 6.09 Å². The second-order valence-electron chi connectivity index (χ2n) is 8.71. The third-order valence-electron chi connectivity index (χ3n) is 4.87. The van der Waals surface area contributed by atoms with E-state index in [0.717, 1.165) is 38.0 Å². The summed E-state index contributed by atoms with van der Waals surface area (Å²) >= 11 is 0. The largest absolute Gasteiger partial charge is 0.444 e. The lowest BCUT2D eigenvalue weighted by molar-refractivity contribution is 0.0465. The molecular weight excluding hydrogens is 408 g/mol. The predicted octanol–water partition coefficient (Wildman–Crippen LogP) is 2.79. The van der Waals surface area contributed by atoms with E-state index >= 15 is 0 Å². The summed E-state index contributed by atoms with van der Waals surface area (Å²) in [7, 11) is -4.24. The molecule has 0 atom stereocenters. The van der Waals surface area contributed by atoms with E-state index in [1.54, 1.807) is 12.1 Å². The van der Waals surface area contributed by atoms with E-state index in [1.165, 1.54) is 6.07 Å². The number of hydrogen-bond donors (Lipinski definition) is 2. The van der Waals surface area contributed by atoms with Crippen LogP contribution in [0.15, 0.2) is 23.1 Å². The lowest BCUT2D eigenvalue weighted by atomic mass is 10.1. The molecule has 0 radical (unpaired) electrons. The normalized spacial score (nSPS) is 16.4. The molecule has 2 rings (SSSR count). The van der Waals surface area contributed by atoms with Gasteiger partial charge in [-0.2, -0.15) is 8.42 Å². The summed E-state index contributed by atoms with van der Waals surface area (Å²) in [6, 6.07) is 4.97. The average molecular weight is 443 g/mol. The second-order valence-corrected chi connectivity index (χ2v) is 10.1. The number of likely N-dealkylation sites (tertiary alicyclic amines) is 1. The number of rotatable bonds is 8. The van der Waals surface area contributed by atoms with E-state index in [9.17, 15) is 17.8 Å². The Kier molecular flexibility index (Phi) is 8.66. The first kappa shape index (κ1) is 24.6. The minimum atomic E-state index is -4.24. The van der Waals surface area contributed by atoms with Crippen LogP contribution in [0.3, 0.4) is 0 Å². The van der Waals surface area contributed by atoms with Gasteiger partial charge in [-0.25, -0.2) is 4.79 Å². The van der Waals surface area contributed by atoms with E-state index in [-0.39, 0.29) is 17.0 Å². The van der Waals surface area contributed by atoms with Gasteiger partial charge in [0, 0.05) is 25.7 Å². The highest BCUT2D eigenvalue weighted by molar-refractivity contribution is 7.85. The Morgan fingerprint density at radius 2 is 1.90 bits per heavy atom. The molecule has 30 heavy (non-hydrogen) atoms. The number of nitrogens with zero attached hydrogens (tertiary/aromatic N) is 1. The molecule has 0 spiro atoms. The fourth-order valence-corrected chi connectivity index (χ4v) is 4.14. The highest BCUT2D eigenvalue weighted by Crippen LogP contribution is 2.18. The maximum Gasteiger partial charge on any atom is 0.407 e. The van der Waals surface area contributed by atoms with Crippen molar-refractivity contribution in [3.05, 3.63) is 29.3 Å². The molecular formula is C21H34N2O6S. The maximum atomic E-state index is 11.9. The summed E-state index contributed by atoms with van der Waals surface area (Å²) < 4.78 is 43.3. The predicted molar refractivity (Wildman–Crippen MR) is 114 cm³/mol. The number of alkyl carbamates (subject to hydrolysis) is 1. The van der Waals surface area contributed by atoms with Crippen LogP contribution in [0.25, 0.3) is 0 Å². The highest BCUT2D eigenvalue weighted by atomic mass is 32.2. The molecule has 1 aliphatic heterocycles. The molecule has 0 aliphatic carbocycles. The van der Waals surface area contributed by atoms with Gasteiger partial charge in [-0.1, -0.05) is 17.7 Å². The monoisotopic (exact) mass is 442 g/mol. The molecule has 1 amide bonds. The number of amides is 1. The lowest BCUT2D eigenvalue weighted by Gasteiger charge is -2.32. The third-order valence-corrected chi connectivity index (χ3v) is 5.82. The van der Waals surface area contributed by atoms with Gasteiger partial charge in [0.05, 0.1) is 18.1 Å². The molecule has 1 aromatic rings. The van der Waals surface area contributed by atoms with Crippen LogP contribution in [-0.2, 0) is 26.0 Å². The van der Waals surface area contributed by atoms with Gasteiger partial charge in [0.1, 0.15) is 5.60 Å². The van der Waals surface area contributed by atoms with E-state index in [1.807, 2.05) is 27.7 Å². The number of benzene rings is 1. The first-order chi connectivity index (χ1) is 13.9. The van der Waals surface area contributed by atoms with Crippen molar-refractivity contribution in [2.75, 3.05) is 32.8 Å². The first-order valence-corrected chi connectivity index (χ1v) is 11.7. The van der Waals surface area contributed by atoms with E-state index in [4.69, 9.17) is 9.47 Å². The Bertz CT molecular complexity index is 811. The zero-order chi connectivity index (χ0) is 22.4. The quantitative estimate of drug-likeness (QED) is 0.471. The molecule has 0 saturated carbocycles. The number of carbonyl (C=O) groups excluding carboxylic acids is 1. The molecule has 1 aliphatic rings. The number of ether oxygens (including phenoxy) is 2. The molecule has 1 aromatic carbocycles. The van der Waals surface area contributed by atoms with Gasteiger partial charge < -0.3 is 19.7 Å². The lowest BCUT2D eigenvalue weighted by Crippen LogP contribution is -2.46. The average Bonchev–Trinajstić information content (AvgIpc) is 2.60. The highest BCUT2D eigenvalue weighted by Gasteiger charge is 2.23. The molecule has 1 fully saturated rings. The summed E-state index contributed by atoms with van der Waals surface area (Å²) in [6.07, 6.45) is 1.77. The number of carbonyl (C=O) groups is 1. The summed E-state index contributed by atoms with van der Waals surface area (Å²) in [5.41, 5.74) is 0.995. The number of nitrogens with one attached hydrogen (secondary N) is 1. The molecule has 1 heterocycles. The smallest absolute Gasteiger partial charge is 0.407 e. The number of hydrogen-bond acceptors (Lipinski definition) is 6. The van der Waals surface area contributed by atoms with Gasteiger partial charge in [0.25, 0.3) is 10.1 Å². The topological polar surface area (TPSA) is 105 Å².